The zero-order valence-electron chi connectivity index (χ0n) is 7.40. The van der Waals surface area contributed by atoms with E-state index in [2.05, 4.69) is 10.3 Å². The molecule has 0 aliphatic heterocycles. The molecule has 2 rings (SSSR count). The lowest BCUT2D eigenvalue weighted by Crippen LogP contribution is -1.98. The number of rotatable bonds is 3. The van der Waals surface area contributed by atoms with E-state index in [1.54, 1.807) is 17.5 Å². The minimum atomic E-state index is 0.758. The van der Waals surface area contributed by atoms with Crippen LogP contribution in [0, 0.1) is 0 Å². The molecule has 2 nitrogen and oxygen atoms in total. The molecule has 0 saturated carbocycles. The monoisotopic (exact) mass is 224 g/mol. The highest BCUT2D eigenvalue weighted by molar-refractivity contribution is 7.13. The lowest BCUT2D eigenvalue weighted by molar-refractivity contribution is 1.13. The molecule has 1 heterocycles. The lowest BCUT2D eigenvalue weighted by Gasteiger charge is -2.02. The number of anilines is 1. The van der Waals surface area contributed by atoms with Crippen LogP contribution < -0.4 is 5.32 Å². The molecular formula is C10H9ClN2S. The van der Waals surface area contributed by atoms with E-state index in [1.807, 2.05) is 29.6 Å². The number of hydrogen-bond donors (Lipinski definition) is 1. The highest BCUT2D eigenvalue weighted by Gasteiger charge is 1.96. The van der Waals surface area contributed by atoms with E-state index in [4.69, 9.17) is 11.6 Å². The molecule has 0 atom stereocenters. The Kier molecular flexibility index (Phi) is 3.01. The molecule has 1 N–H and O–H groups in total. The van der Waals surface area contributed by atoms with Crippen LogP contribution in [0.1, 0.15) is 5.56 Å². The number of thiazole rings is 1. The summed E-state index contributed by atoms with van der Waals surface area (Å²) in [7, 11) is 0. The van der Waals surface area contributed by atoms with Crippen LogP contribution in [0.15, 0.2) is 35.8 Å². The molecule has 0 aliphatic carbocycles. The molecule has 2 aromatic rings. The highest BCUT2D eigenvalue weighted by Crippen LogP contribution is 2.14. The van der Waals surface area contributed by atoms with Crippen molar-refractivity contribution in [2.75, 3.05) is 5.32 Å². The van der Waals surface area contributed by atoms with Crippen LogP contribution >= 0.6 is 22.9 Å². The summed E-state index contributed by atoms with van der Waals surface area (Å²) >= 11 is 7.46. The van der Waals surface area contributed by atoms with Gasteiger partial charge in [0.05, 0.1) is 0 Å². The SMILES string of the molecule is Clc1cccc(CNc2nccs2)c1. The third kappa shape index (κ3) is 2.47. The summed E-state index contributed by atoms with van der Waals surface area (Å²) in [5.41, 5.74) is 1.16. The molecule has 0 fully saturated rings. The summed E-state index contributed by atoms with van der Waals surface area (Å²) in [5.74, 6) is 0. The molecule has 4 heteroatoms. The predicted molar refractivity (Wildman–Crippen MR) is 60.9 cm³/mol. The minimum absolute atomic E-state index is 0.758. The van der Waals surface area contributed by atoms with Crippen molar-refractivity contribution in [3.63, 3.8) is 0 Å². The first kappa shape index (κ1) is 9.49. The van der Waals surface area contributed by atoms with Crippen LogP contribution in [0.25, 0.3) is 0 Å². The summed E-state index contributed by atoms with van der Waals surface area (Å²) < 4.78 is 0. The summed E-state index contributed by atoms with van der Waals surface area (Å²) in [4.78, 5) is 4.13. The predicted octanol–water partition coefficient (Wildman–Crippen LogP) is 3.41. The molecule has 0 spiro atoms. The largest absolute Gasteiger partial charge is 0.357 e. The Hall–Kier alpha value is -1.06. The van der Waals surface area contributed by atoms with Crippen molar-refractivity contribution in [1.29, 1.82) is 0 Å². The van der Waals surface area contributed by atoms with Crippen molar-refractivity contribution in [3.8, 4) is 0 Å². The normalized spacial score (nSPS) is 10.1. The second-order valence-electron chi connectivity index (χ2n) is 2.82. The van der Waals surface area contributed by atoms with Crippen molar-refractivity contribution in [1.82, 2.24) is 4.98 Å². The second-order valence-corrected chi connectivity index (χ2v) is 4.15. The number of hydrogen-bond acceptors (Lipinski definition) is 3. The van der Waals surface area contributed by atoms with Gasteiger partial charge >= 0.3 is 0 Å². The molecule has 0 bridgehead atoms. The molecule has 0 unspecified atom stereocenters. The summed E-state index contributed by atoms with van der Waals surface area (Å²) in [6, 6.07) is 7.80. The highest BCUT2D eigenvalue weighted by atomic mass is 35.5. The van der Waals surface area contributed by atoms with E-state index in [-0.39, 0.29) is 0 Å². The number of benzene rings is 1. The van der Waals surface area contributed by atoms with E-state index >= 15 is 0 Å². The fourth-order valence-electron chi connectivity index (χ4n) is 1.14. The Labute approximate surface area is 91.6 Å². The maximum Gasteiger partial charge on any atom is 0.182 e. The molecule has 72 valence electrons. The van der Waals surface area contributed by atoms with Crippen molar-refractivity contribution >= 4 is 28.1 Å². The quantitative estimate of drug-likeness (QED) is 0.865. The van der Waals surface area contributed by atoms with Gasteiger partial charge in [0.25, 0.3) is 0 Å². The zero-order chi connectivity index (χ0) is 9.80. The molecule has 0 aliphatic rings. The van der Waals surface area contributed by atoms with Gasteiger partial charge < -0.3 is 5.32 Å². The van der Waals surface area contributed by atoms with Crippen LogP contribution in [-0.2, 0) is 6.54 Å². The Morgan fingerprint density at radius 1 is 1.43 bits per heavy atom. The maximum atomic E-state index is 5.86. The van der Waals surface area contributed by atoms with Crippen LogP contribution in [0.4, 0.5) is 5.13 Å². The Balaban J connectivity index is 1.98. The molecule has 0 saturated heterocycles. The fraction of sp³-hybridized carbons (Fsp3) is 0.100. The van der Waals surface area contributed by atoms with Crippen LogP contribution in [0.2, 0.25) is 5.02 Å². The molecule has 1 aromatic heterocycles. The van der Waals surface area contributed by atoms with Gasteiger partial charge in [0.2, 0.25) is 0 Å². The van der Waals surface area contributed by atoms with E-state index in [9.17, 15) is 0 Å². The number of nitrogens with zero attached hydrogens (tertiary/aromatic N) is 1. The van der Waals surface area contributed by atoms with E-state index in [1.165, 1.54) is 0 Å². The van der Waals surface area contributed by atoms with Gasteiger partial charge in [-0.1, -0.05) is 23.7 Å². The standard InChI is InChI=1S/C10H9ClN2S/c11-9-3-1-2-8(6-9)7-13-10-12-4-5-14-10/h1-6H,7H2,(H,12,13). The molecule has 0 radical (unpaired) electrons. The maximum absolute atomic E-state index is 5.86. The Morgan fingerprint density at radius 3 is 3.07 bits per heavy atom. The van der Waals surface area contributed by atoms with Gasteiger partial charge in [0.15, 0.2) is 5.13 Å². The van der Waals surface area contributed by atoms with Crippen molar-refractivity contribution in [3.05, 3.63) is 46.4 Å². The van der Waals surface area contributed by atoms with Gasteiger partial charge in [0, 0.05) is 23.1 Å². The Bertz CT molecular complexity index is 400. The average Bonchev–Trinajstić information content (AvgIpc) is 2.67. The first-order valence-electron chi connectivity index (χ1n) is 4.22. The summed E-state index contributed by atoms with van der Waals surface area (Å²) in [6.45, 7) is 0.758. The van der Waals surface area contributed by atoms with E-state index in [0.29, 0.717) is 0 Å². The zero-order valence-corrected chi connectivity index (χ0v) is 8.98. The smallest absolute Gasteiger partial charge is 0.182 e. The number of aromatic nitrogens is 1. The molecule has 1 aromatic carbocycles. The van der Waals surface area contributed by atoms with Gasteiger partial charge in [-0.15, -0.1) is 11.3 Å². The topological polar surface area (TPSA) is 24.9 Å². The summed E-state index contributed by atoms with van der Waals surface area (Å²) in [6.07, 6.45) is 1.78. The third-order valence-corrected chi connectivity index (χ3v) is 2.73. The molecule has 0 amide bonds. The Morgan fingerprint density at radius 2 is 2.36 bits per heavy atom. The van der Waals surface area contributed by atoms with Crippen molar-refractivity contribution < 1.29 is 0 Å². The van der Waals surface area contributed by atoms with E-state index in [0.717, 1.165) is 22.3 Å². The third-order valence-electron chi connectivity index (χ3n) is 1.77. The second kappa shape index (κ2) is 4.44. The fourth-order valence-corrected chi connectivity index (χ4v) is 1.88. The first-order valence-corrected chi connectivity index (χ1v) is 5.48. The van der Waals surface area contributed by atoms with Gasteiger partial charge in [-0.2, -0.15) is 0 Å². The average molecular weight is 225 g/mol. The van der Waals surface area contributed by atoms with Gasteiger partial charge in [-0.05, 0) is 17.7 Å². The van der Waals surface area contributed by atoms with Crippen LogP contribution in [-0.4, -0.2) is 4.98 Å². The molecular weight excluding hydrogens is 216 g/mol. The lowest BCUT2D eigenvalue weighted by atomic mass is 10.2. The molecule has 14 heavy (non-hydrogen) atoms. The number of halogens is 1. The van der Waals surface area contributed by atoms with Crippen LogP contribution in [0.5, 0.6) is 0 Å². The van der Waals surface area contributed by atoms with Crippen molar-refractivity contribution in [2.45, 2.75) is 6.54 Å². The van der Waals surface area contributed by atoms with Crippen molar-refractivity contribution in [2.24, 2.45) is 0 Å². The first-order chi connectivity index (χ1) is 6.84. The van der Waals surface area contributed by atoms with Gasteiger partial charge in [0.1, 0.15) is 0 Å². The van der Waals surface area contributed by atoms with E-state index < -0.39 is 0 Å². The summed E-state index contributed by atoms with van der Waals surface area (Å²) in [5, 5.41) is 6.86. The van der Waals surface area contributed by atoms with Gasteiger partial charge in [-0.25, -0.2) is 4.98 Å². The number of nitrogens with one attached hydrogen (secondary N) is 1. The van der Waals surface area contributed by atoms with Gasteiger partial charge in [-0.3, -0.25) is 0 Å². The minimum Gasteiger partial charge on any atom is -0.357 e. The van der Waals surface area contributed by atoms with Crippen LogP contribution in [0.3, 0.4) is 0 Å².